The average Bonchev–Trinajstić information content (AvgIpc) is 3.40. The van der Waals surface area contributed by atoms with Gasteiger partial charge >= 0.3 is 11.9 Å². The number of fused-ring (bicyclic) bond motifs is 2. The van der Waals surface area contributed by atoms with Crippen LogP contribution in [0.4, 0.5) is 0 Å². The standard InChI is InChI=1S/C34H47NO10/c1-7-35-16-31(17-40-3)21(37)13-22(41-4)34-20-14-32(39)23(42-5)15-33(45-18(2)36,25(28(34)35)26(43-6)27(31)34)24(20)29(32)44-30(38)19-11-9-8-10-12-19/h8-12,20-29,37,39H,7,13-17H2,1-6H3/t20-,21-,22+,23+,24-,25+,26+,27-,28?,29-,31+,32+,33-,34+/m1/s1. The zero-order chi connectivity index (χ0) is 32.1. The minimum absolute atomic E-state index is 0.163. The van der Waals surface area contributed by atoms with Crippen LogP contribution in [0.3, 0.4) is 0 Å². The molecule has 0 aromatic heterocycles. The molecule has 7 rings (SSSR count). The van der Waals surface area contributed by atoms with Crippen molar-refractivity contribution in [2.75, 3.05) is 48.1 Å². The van der Waals surface area contributed by atoms with Crippen LogP contribution in [-0.2, 0) is 33.2 Å². The first-order chi connectivity index (χ1) is 21.5. The Morgan fingerprint density at radius 3 is 2.31 bits per heavy atom. The molecule has 5 saturated carbocycles. The largest absolute Gasteiger partial charge is 0.458 e. The molecule has 11 nitrogen and oxygen atoms in total. The molecule has 0 radical (unpaired) electrons. The van der Waals surface area contributed by atoms with Crippen molar-refractivity contribution in [2.24, 2.45) is 34.5 Å². The van der Waals surface area contributed by atoms with E-state index < -0.39 is 76.3 Å². The third kappa shape index (κ3) is 3.72. The zero-order valence-corrected chi connectivity index (χ0v) is 27.0. The van der Waals surface area contributed by atoms with Gasteiger partial charge in [0.05, 0.1) is 36.6 Å². The lowest BCUT2D eigenvalue weighted by atomic mass is 9.42. The number of aliphatic hydroxyl groups is 2. The van der Waals surface area contributed by atoms with Gasteiger partial charge in [0.1, 0.15) is 17.3 Å². The number of piperidine rings is 1. The van der Waals surface area contributed by atoms with Crippen LogP contribution in [0.1, 0.15) is 43.5 Å². The highest BCUT2D eigenvalue weighted by molar-refractivity contribution is 5.89. The minimum Gasteiger partial charge on any atom is -0.458 e. The number of benzene rings is 1. The van der Waals surface area contributed by atoms with Crippen molar-refractivity contribution in [2.45, 2.75) is 80.9 Å². The maximum atomic E-state index is 13.7. The van der Waals surface area contributed by atoms with Gasteiger partial charge in [-0.1, -0.05) is 25.1 Å². The molecule has 1 aromatic rings. The van der Waals surface area contributed by atoms with Crippen LogP contribution in [0, 0.1) is 34.5 Å². The average molecular weight is 630 g/mol. The number of hydrogen-bond donors (Lipinski definition) is 2. The van der Waals surface area contributed by atoms with Crippen LogP contribution >= 0.6 is 0 Å². The smallest absolute Gasteiger partial charge is 0.338 e. The maximum absolute atomic E-state index is 13.7. The quantitative estimate of drug-likeness (QED) is 0.387. The van der Waals surface area contributed by atoms with Gasteiger partial charge in [-0.2, -0.15) is 0 Å². The summed E-state index contributed by atoms with van der Waals surface area (Å²) in [6, 6.07) is 8.56. The van der Waals surface area contributed by atoms with Gasteiger partial charge in [-0.15, -0.1) is 0 Å². The molecule has 0 amide bonds. The van der Waals surface area contributed by atoms with Gasteiger partial charge in [-0.3, -0.25) is 9.69 Å². The van der Waals surface area contributed by atoms with E-state index in [0.717, 1.165) is 0 Å². The third-order valence-corrected chi connectivity index (χ3v) is 13.1. The summed E-state index contributed by atoms with van der Waals surface area (Å²) in [5.74, 6) is -2.55. The molecule has 1 unspecified atom stereocenters. The van der Waals surface area contributed by atoms with E-state index in [1.807, 2.05) is 6.07 Å². The van der Waals surface area contributed by atoms with E-state index in [9.17, 15) is 19.8 Å². The molecule has 1 saturated heterocycles. The van der Waals surface area contributed by atoms with E-state index in [1.165, 1.54) is 6.92 Å². The van der Waals surface area contributed by atoms with Gasteiger partial charge < -0.3 is 38.6 Å². The molecule has 2 N–H and O–H groups in total. The number of likely N-dealkylation sites (tertiary alicyclic amines) is 1. The Balaban J connectivity index is 1.50. The molecule has 1 aromatic carbocycles. The number of carbonyl (C=O) groups excluding carboxylic acids is 2. The number of ether oxygens (including phenoxy) is 6. The number of aliphatic hydroxyl groups excluding tert-OH is 1. The molecule has 6 fully saturated rings. The molecule has 1 aliphatic heterocycles. The fraction of sp³-hybridized carbons (Fsp3) is 0.765. The van der Waals surface area contributed by atoms with Gasteiger partial charge in [0.2, 0.25) is 0 Å². The first kappa shape index (κ1) is 31.5. The van der Waals surface area contributed by atoms with Crippen LogP contribution in [0.5, 0.6) is 0 Å². The van der Waals surface area contributed by atoms with Crippen molar-refractivity contribution in [3.8, 4) is 0 Å². The van der Waals surface area contributed by atoms with Crippen molar-refractivity contribution >= 4 is 11.9 Å². The summed E-state index contributed by atoms with van der Waals surface area (Å²) in [6.07, 6.45) is -2.55. The second kappa shape index (κ2) is 10.7. The fourth-order valence-corrected chi connectivity index (χ4v) is 12.2. The Bertz CT molecular complexity index is 1330. The van der Waals surface area contributed by atoms with Gasteiger partial charge in [0.15, 0.2) is 0 Å². The van der Waals surface area contributed by atoms with Gasteiger partial charge in [-0.25, -0.2) is 4.79 Å². The normalized spacial score (nSPS) is 49.1. The first-order valence-electron chi connectivity index (χ1n) is 16.2. The number of nitrogens with zero attached hydrogens (tertiary/aromatic N) is 1. The van der Waals surface area contributed by atoms with E-state index in [1.54, 1.807) is 52.7 Å². The number of rotatable bonds is 9. The zero-order valence-electron chi connectivity index (χ0n) is 27.0. The second-order valence-electron chi connectivity index (χ2n) is 14.4. The Morgan fingerprint density at radius 2 is 1.71 bits per heavy atom. The Hall–Kier alpha value is -2.12. The van der Waals surface area contributed by atoms with E-state index in [2.05, 4.69) is 11.8 Å². The third-order valence-electron chi connectivity index (χ3n) is 13.1. The number of methoxy groups -OCH3 is 4. The van der Waals surface area contributed by atoms with Gasteiger partial charge in [0.25, 0.3) is 0 Å². The number of esters is 2. The van der Waals surface area contributed by atoms with Crippen LogP contribution in [0.2, 0.25) is 0 Å². The Morgan fingerprint density at radius 1 is 1.00 bits per heavy atom. The van der Waals surface area contributed by atoms with Crippen molar-refractivity contribution in [1.82, 2.24) is 4.90 Å². The van der Waals surface area contributed by atoms with E-state index in [0.29, 0.717) is 31.7 Å². The summed E-state index contributed by atoms with van der Waals surface area (Å²) in [5.41, 5.74) is -3.74. The van der Waals surface area contributed by atoms with Crippen LogP contribution in [0.25, 0.3) is 0 Å². The maximum Gasteiger partial charge on any atom is 0.338 e. The Kier molecular flexibility index (Phi) is 7.48. The highest BCUT2D eigenvalue weighted by Gasteiger charge is 2.90. The van der Waals surface area contributed by atoms with Gasteiger partial charge in [-0.05, 0) is 31.0 Å². The van der Waals surface area contributed by atoms with Gasteiger partial charge in [0, 0.05) is 89.4 Å². The lowest BCUT2D eigenvalue weighted by molar-refractivity contribution is -0.300. The van der Waals surface area contributed by atoms with E-state index in [-0.39, 0.29) is 30.7 Å². The van der Waals surface area contributed by atoms with Crippen molar-refractivity contribution < 1.29 is 48.2 Å². The lowest BCUT2D eigenvalue weighted by Gasteiger charge is -2.70. The highest BCUT2D eigenvalue weighted by Crippen LogP contribution is 2.80. The van der Waals surface area contributed by atoms with Crippen molar-refractivity contribution in [1.29, 1.82) is 0 Å². The summed E-state index contributed by atoms with van der Waals surface area (Å²) in [4.78, 5) is 29.3. The highest BCUT2D eigenvalue weighted by atomic mass is 16.6. The lowest BCUT2D eigenvalue weighted by Crippen LogP contribution is -2.79. The van der Waals surface area contributed by atoms with Crippen LogP contribution in [-0.4, -0.2) is 123 Å². The summed E-state index contributed by atoms with van der Waals surface area (Å²) in [7, 11) is 6.58. The van der Waals surface area contributed by atoms with Crippen molar-refractivity contribution in [3.05, 3.63) is 35.9 Å². The molecule has 14 atom stereocenters. The predicted molar refractivity (Wildman–Crippen MR) is 159 cm³/mol. The summed E-state index contributed by atoms with van der Waals surface area (Å²) in [5, 5.41) is 24.8. The molecule has 7 bridgehead atoms. The first-order valence-corrected chi connectivity index (χ1v) is 16.2. The SMILES string of the molecule is CCN1C[C@]2(COC)[C@H](O)C[C@H](OC)[C@]34C1[C@H]([C@H](OC)[C@H]23)[C@@]1(OC(C)=O)C[C@H](OC)[C@@]2(O)C[C@@H]4[C@@H]1[C@H]2OC(=O)c1ccccc1. The van der Waals surface area contributed by atoms with Crippen LogP contribution in [0.15, 0.2) is 30.3 Å². The topological polar surface area (TPSA) is 133 Å². The van der Waals surface area contributed by atoms with E-state index >= 15 is 0 Å². The van der Waals surface area contributed by atoms with Crippen molar-refractivity contribution in [3.63, 3.8) is 0 Å². The minimum atomic E-state index is -1.55. The second-order valence-corrected chi connectivity index (χ2v) is 14.4. The fourth-order valence-electron chi connectivity index (χ4n) is 12.2. The summed E-state index contributed by atoms with van der Waals surface area (Å²) < 4.78 is 37.9. The Labute approximate surface area is 264 Å². The molecule has 248 valence electrons. The number of hydrogen-bond acceptors (Lipinski definition) is 11. The summed E-state index contributed by atoms with van der Waals surface area (Å²) >= 11 is 0. The summed E-state index contributed by atoms with van der Waals surface area (Å²) in [6.45, 7) is 5.08. The van der Waals surface area contributed by atoms with Crippen LogP contribution < -0.4 is 0 Å². The predicted octanol–water partition coefficient (Wildman–Crippen LogP) is 1.68. The molecule has 5 aliphatic carbocycles. The molecular weight excluding hydrogens is 582 g/mol. The molecule has 11 heteroatoms. The monoisotopic (exact) mass is 629 g/mol. The number of carbonyl (C=O) groups is 2. The van der Waals surface area contributed by atoms with E-state index in [4.69, 9.17) is 28.4 Å². The molecule has 1 spiro atoms. The molecular formula is C34H47NO10. The molecule has 45 heavy (non-hydrogen) atoms. The molecule has 6 aliphatic rings. The molecule has 1 heterocycles.